The van der Waals surface area contributed by atoms with Crippen LogP contribution in [0, 0.1) is 6.92 Å². The van der Waals surface area contributed by atoms with Crippen molar-refractivity contribution in [3.63, 3.8) is 0 Å². The lowest BCUT2D eigenvalue weighted by atomic mass is 9.93. The summed E-state index contributed by atoms with van der Waals surface area (Å²) in [6, 6.07) is 8.65. The monoisotopic (exact) mass is 392 g/mol. The van der Waals surface area contributed by atoms with Crippen molar-refractivity contribution in [3.05, 3.63) is 41.6 Å². The van der Waals surface area contributed by atoms with Crippen molar-refractivity contribution >= 4 is 16.9 Å². The molecule has 3 aromatic rings. The largest absolute Gasteiger partial charge is 0.508 e. The first-order valence-electron chi connectivity index (χ1n) is 10.1. The number of carbonyl (C=O) groups excluding carboxylic acids is 1. The summed E-state index contributed by atoms with van der Waals surface area (Å²) in [6.45, 7) is 4.03. The Kier molecular flexibility index (Phi) is 4.28. The number of aromatic hydroxyl groups is 1. The second-order valence-corrected chi connectivity index (χ2v) is 8.11. The lowest BCUT2D eigenvalue weighted by Gasteiger charge is -2.33. The van der Waals surface area contributed by atoms with E-state index in [9.17, 15) is 9.90 Å². The fourth-order valence-corrected chi connectivity index (χ4v) is 4.54. The third-order valence-electron chi connectivity index (χ3n) is 6.14. The molecule has 2 aliphatic rings. The van der Waals surface area contributed by atoms with E-state index in [-0.39, 0.29) is 17.3 Å². The Morgan fingerprint density at radius 1 is 1.24 bits per heavy atom. The minimum atomic E-state index is -0.175. The first-order valence-corrected chi connectivity index (χ1v) is 10.1. The van der Waals surface area contributed by atoms with E-state index in [2.05, 4.69) is 15.2 Å². The highest BCUT2D eigenvalue weighted by molar-refractivity contribution is 6.07. The number of phenolic OH excluding ortho intramolecular Hbond substituents is 1. The Hall–Kier alpha value is -2.93. The van der Waals surface area contributed by atoms with E-state index in [0.717, 1.165) is 48.9 Å². The van der Waals surface area contributed by atoms with Gasteiger partial charge < -0.3 is 14.7 Å². The number of aromatic nitrogens is 3. The number of nitrogens with zero attached hydrogens (tertiary/aromatic N) is 3. The second-order valence-electron chi connectivity index (χ2n) is 8.11. The van der Waals surface area contributed by atoms with Gasteiger partial charge in [-0.3, -0.25) is 9.89 Å². The minimum Gasteiger partial charge on any atom is -0.508 e. The summed E-state index contributed by atoms with van der Waals surface area (Å²) in [6.07, 6.45) is 4.17. The number of hydrogen-bond acceptors (Lipinski definition) is 5. The molecular formula is C22H24N4O3. The van der Waals surface area contributed by atoms with Gasteiger partial charge in [-0.05, 0) is 62.9 Å². The van der Waals surface area contributed by atoms with Crippen LogP contribution in [0.5, 0.6) is 5.75 Å². The summed E-state index contributed by atoms with van der Waals surface area (Å²) < 4.78 is 6.09. The molecule has 5 rings (SSSR count). The molecule has 0 saturated carbocycles. The molecule has 1 spiro atoms. The highest BCUT2D eigenvalue weighted by Gasteiger charge is 2.42. The van der Waals surface area contributed by atoms with E-state index in [4.69, 9.17) is 4.74 Å². The number of ether oxygens (including phenoxy) is 1. The van der Waals surface area contributed by atoms with Crippen molar-refractivity contribution in [2.45, 2.75) is 38.2 Å². The van der Waals surface area contributed by atoms with Gasteiger partial charge in [0.25, 0.3) is 5.91 Å². The van der Waals surface area contributed by atoms with Crippen LogP contribution in [0.2, 0.25) is 0 Å². The lowest BCUT2D eigenvalue weighted by Crippen LogP contribution is -2.40. The van der Waals surface area contributed by atoms with Gasteiger partial charge in [0.15, 0.2) is 5.65 Å². The molecule has 150 valence electrons. The van der Waals surface area contributed by atoms with Gasteiger partial charge in [-0.1, -0.05) is 0 Å². The van der Waals surface area contributed by atoms with Crippen LogP contribution in [-0.4, -0.2) is 56.4 Å². The SMILES string of the molecule is Cc1[nH]nc2nc(-c3ccc(O)cc3)cc(C(=O)N3CCC4(CCCCO4)C3)c12. The van der Waals surface area contributed by atoms with Crippen LogP contribution in [0.3, 0.4) is 0 Å². The zero-order valence-electron chi connectivity index (χ0n) is 16.4. The number of nitrogens with one attached hydrogen (secondary N) is 1. The van der Waals surface area contributed by atoms with Crippen molar-refractivity contribution in [1.29, 1.82) is 0 Å². The maximum absolute atomic E-state index is 13.5. The van der Waals surface area contributed by atoms with Gasteiger partial charge in [-0.2, -0.15) is 5.10 Å². The number of amides is 1. The number of benzene rings is 1. The highest BCUT2D eigenvalue weighted by atomic mass is 16.5. The zero-order chi connectivity index (χ0) is 20.0. The summed E-state index contributed by atoms with van der Waals surface area (Å²) in [5.41, 5.74) is 3.28. The van der Waals surface area contributed by atoms with Crippen LogP contribution in [0.1, 0.15) is 41.7 Å². The fraction of sp³-hybridized carbons (Fsp3) is 0.409. The maximum atomic E-state index is 13.5. The van der Waals surface area contributed by atoms with Crippen LogP contribution >= 0.6 is 0 Å². The molecule has 1 amide bonds. The number of likely N-dealkylation sites (tertiary alicyclic amines) is 1. The molecule has 2 aliphatic heterocycles. The van der Waals surface area contributed by atoms with Crippen LogP contribution in [-0.2, 0) is 4.74 Å². The molecule has 29 heavy (non-hydrogen) atoms. The molecule has 2 saturated heterocycles. The molecule has 2 N–H and O–H groups in total. The van der Waals surface area contributed by atoms with E-state index in [1.165, 1.54) is 0 Å². The summed E-state index contributed by atoms with van der Waals surface area (Å²) in [5, 5.41) is 17.6. The molecule has 0 aliphatic carbocycles. The second kappa shape index (κ2) is 6.84. The third kappa shape index (κ3) is 3.15. The summed E-state index contributed by atoms with van der Waals surface area (Å²) >= 11 is 0. The number of pyridine rings is 1. The number of fused-ring (bicyclic) bond motifs is 1. The number of phenols is 1. The molecule has 1 atom stereocenters. The molecule has 1 aromatic carbocycles. The number of rotatable bonds is 2. The fourth-order valence-electron chi connectivity index (χ4n) is 4.54. The number of aromatic amines is 1. The molecule has 7 heteroatoms. The van der Waals surface area contributed by atoms with Crippen LogP contribution < -0.4 is 0 Å². The van der Waals surface area contributed by atoms with Crippen molar-refractivity contribution in [1.82, 2.24) is 20.1 Å². The van der Waals surface area contributed by atoms with Crippen molar-refractivity contribution < 1.29 is 14.6 Å². The maximum Gasteiger partial charge on any atom is 0.254 e. The molecule has 7 nitrogen and oxygen atoms in total. The smallest absolute Gasteiger partial charge is 0.254 e. The van der Waals surface area contributed by atoms with E-state index in [1.807, 2.05) is 17.9 Å². The summed E-state index contributed by atoms with van der Waals surface area (Å²) in [4.78, 5) is 20.1. The number of hydrogen-bond donors (Lipinski definition) is 2. The van der Waals surface area contributed by atoms with Gasteiger partial charge in [0.2, 0.25) is 0 Å². The molecule has 2 aromatic heterocycles. The molecule has 4 heterocycles. The minimum absolute atomic E-state index is 0.00650. The van der Waals surface area contributed by atoms with Crippen LogP contribution in [0.15, 0.2) is 30.3 Å². The van der Waals surface area contributed by atoms with Gasteiger partial charge in [0.1, 0.15) is 5.75 Å². The predicted molar refractivity (Wildman–Crippen MR) is 109 cm³/mol. The lowest BCUT2D eigenvalue weighted by molar-refractivity contribution is -0.0682. The van der Waals surface area contributed by atoms with Gasteiger partial charge in [-0.15, -0.1) is 0 Å². The molecule has 0 radical (unpaired) electrons. The predicted octanol–water partition coefficient (Wildman–Crippen LogP) is 3.42. The standard InChI is InChI=1S/C22H24N4O3/c1-14-19-17(21(28)26-10-9-22(13-26)8-2-3-11-29-22)12-18(23-20(19)25-24-14)15-4-6-16(27)7-5-15/h4-7,12,27H,2-3,8-11,13H2,1H3,(H,23,24,25). The Balaban J connectivity index is 1.54. The third-order valence-corrected chi connectivity index (χ3v) is 6.14. The van der Waals surface area contributed by atoms with Crippen molar-refractivity contribution in [2.75, 3.05) is 19.7 Å². The van der Waals surface area contributed by atoms with Gasteiger partial charge in [0.05, 0.1) is 28.8 Å². The Morgan fingerprint density at radius 3 is 2.83 bits per heavy atom. The molecule has 2 fully saturated rings. The first-order chi connectivity index (χ1) is 14.0. The molecule has 1 unspecified atom stereocenters. The Labute approximate surface area is 168 Å². The van der Waals surface area contributed by atoms with E-state index in [0.29, 0.717) is 30.0 Å². The normalized spacial score (nSPS) is 21.9. The van der Waals surface area contributed by atoms with E-state index in [1.54, 1.807) is 24.3 Å². The van der Waals surface area contributed by atoms with Crippen LogP contribution in [0.4, 0.5) is 0 Å². The van der Waals surface area contributed by atoms with Crippen molar-refractivity contribution in [3.8, 4) is 17.0 Å². The summed E-state index contributed by atoms with van der Waals surface area (Å²) in [7, 11) is 0. The highest BCUT2D eigenvalue weighted by Crippen LogP contribution is 2.36. The number of aryl methyl sites for hydroxylation is 1. The van der Waals surface area contributed by atoms with E-state index >= 15 is 0 Å². The summed E-state index contributed by atoms with van der Waals surface area (Å²) in [5.74, 6) is 0.185. The van der Waals surface area contributed by atoms with Gasteiger partial charge >= 0.3 is 0 Å². The topological polar surface area (TPSA) is 91.3 Å². The van der Waals surface area contributed by atoms with Crippen LogP contribution in [0.25, 0.3) is 22.3 Å². The Bertz CT molecular complexity index is 1070. The molecular weight excluding hydrogens is 368 g/mol. The Morgan fingerprint density at radius 2 is 2.07 bits per heavy atom. The first kappa shape index (κ1) is 18.1. The average Bonchev–Trinajstić information content (AvgIpc) is 3.32. The quantitative estimate of drug-likeness (QED) is 0.697. The van der Waals surface area contributed by atoms with E-state index < -0.39 is 0 Å². The number of carbonyl (C=O) groups is 1. The zero-order valence-corrected chi connectivity index (χ0v) is 16.4. The average molecular weight is 392 g/mol. The number of H-pyrrole nitrogens is 1. The van der Waals surface area contributed by atoms with Gasteiger partial charge in [-0.25, -0.2) is 4.98 Å². The van der Waals surface area contributed by atoms with Crippen molar-refractivity contribution in [2.24, 2.45) is 0 Å². The van der Waals surface area contributed by atoms with Gasteiger partial charge in [0, 0.05) is 24.4 Å². The molecule has 0 bridgehead atoms.